The summed E-state index contributed by atoms with van der Waals surface area (Å²) in [5.41, 5.74) is 0.869. The molecule has 98 valence electrons. The van der Waals surface area contributed by atoms with Crippen molar-refractivity contribution in [1.29, 1.82) is 0 Å². The summed E-state index contributed by atoms with van der Waals surface area (Å²) >= 11 is 0. The number of ether oxygens (including phenoxy) is 1. The molecule has 1 aliphatic heterocycles. The fraction of sp³-hybridized carbons (Fsp3) is 0.462. The second-order valence-electron chi connectivity index (χ2n) is 4.31. The Morgan fingerprint density at radius 2 is 2.28 bits per heavy atom. The maximum atomic E-state index is 13.5. The largest absolute Gasteiger partial charge is 0.494 e. The molecule has 2 rings (SSSR count). The van der Waals surface area contributed by atoms with Crippen LogP contribution in [0.25, 0.3) is 0 Å². The minimum Gasteiger partial charge on any atom is -0.494 e. The van der Waals surface area contributed by atoms with E-state index in [0.29, 0.717) is 19.4 Å². The lowest BCUT2D eigenvalue weighted by Gasteiger charge is -2.23. The van der Waals surface area contributed by atoms with Gasteiger partial charge in [0.2, 0.25) is 5.91 Å². The molecule has 0 aromatic heterocycles. The van der Waals surface area contributed by atoms with Crippen LogP contribution in [0.2, 0.25) is 0 Å². The lowest BCUT2D eigenvalue weighted by Crippen LogP contribution is -2.52. The molecule has 1 aliphatic rings. The van der Waals surface area contributed by atoms with Crippen molar-refractivity contribution in [2.45, 2.75) is 18.9 Å². The third kappa shape index (κ3) is 2.98. The van der Waals surface area contributed by atoms with Crippen LogP contribution in [0.5, 0.6) is 5.75 Å². The molecule has 1 heterocycles. The molecule has 1 saturated heterocycles. The van der Waals surface area contributed by atoms with Gasteiger partial charge in [0, 0.05) is 13.1 Å². The first-order valence-electron chi connectivity index (χ1n) is 6.04. The maximum Gasteiger partial charge on any atom is 0.237 e. The van der Waals surface area contributed by atoms with E-state index in [9.17, 15) is 9.18 Å². The van der Waals surface area contributed by atoms with Gasteiger partial charge in [-0.2, -0.15) is 0 Å². The summed E-state index contributed by atoms with van der Waals surface area (Å²) in [6, 6.07) is 4.71. The Bertz CT molecular complexity index is 437. The van der Waals surface area contributed by atoms with Crippen molar-refractivity contribution in [3.05, 3.63) is 29.6 Å². The molecule has 4 nitrogen and oxygen atoms in total. The van der Waals surface area contributed by atoms with Crippen LogP contribution < -0.4 is 15.4 Å². The summed E-state index contributed by atoms with van der Waals surface area (Å²) in [6.45, 7) is 1.46. The quantitative estimate of drug-likeness (QED) is 0.835. The highest BCUT2D eigenvalue weighted by atomic mass is 19.1. The van der Waals surface area contributed by atoms with E-state index in [1.54, 1.807) is 6.07 Å². The third-order valence-electron chi connectivity index (χ3n) is 3.07. The smallest absolute Gasteiger partial charge is 0.237 e. The normalized spacial score (nSPS) is 19.4. The zero-order chi connectivity index (χ0) is 13.0. The number of aryl methyl sites for hydroxylation is 1. The number of amides is 1. The maximum absolute atomic E-state index is 13.5. The molecule has 1 fully saturated rings. The molecular weight excluding hydrogens is 235 g/mol. The number of rotatable bonds is 4. The van der Waals surface area contributed by atoms with E-state index in [1.165, 1.54) is 13.2 Å². The Kier molecular flexibility index (Phi) is 4.15. The third-order valence-corrected chi connectivity index (χ3v) is 3.07. The zero-order valence-corrected chi connectivity index (χ0v) is 10.3. The van der Waals surface area contributed by atoms with Gasteiger partial charge in [-0.1, -0.05) is 6.07 Å². The Balaban J connectivity index is 1.93. The van der Waals surface area contributed by atoms with Crippen molar-refractivity contribution in [2.24, 2.45) is 0 Å². The number of nitrogens with one attached hydrogen (secondary N) is 2. The molecule has 2 N–H and O–H groups in total. The van der Waals surface area contributed by atoms with Gasteiger partial charge >= 0.3 is 0 Å². The van der Waals surface area contributed by atoms with E-state index in [4.69, 9.17) is 4.74 Å². The predicted molar refractivity (Wildman–Crippen MR) is 66.1 cm³/mol. The van der Waals surface area contributed by atoms with Crippen molar-refractivity contribution >= 4 is 5.91 Å². The Labute approximate surface area is 106 Å². The lowest BCUT2D eigenvalue weighted by molar-refractivity contribution is -0.124. The Hall–Kier alpha value is -1.62. The molecule has 1 unspecified atom stereocenters. The molecular formula is C13H17FN2O2. The number of carbonyl (C=O) groups is 1. The summed E-state index contributed by atoms with van der Waals surface area (Å²) in [6.07, 6.45) is 1.32. The van der Waals surface area contributed by atoms with E-state index < -0.39 is 0 Å². The summed E-state index contributed by atoms with van der Waals surface area (Å²) in [5.74, 6) is -0.0985. The molecule has 1 aromatic carbocycles. The molecule has 0 radical (unpaired) electrons. The van der Waals surface area contributed by atoms with E-state index in [0.717, 1.165) is 12.1 Å². The Morgan fingerprint density at radius 1 is 1.44 bits per heavy atom. The van der Waals surface area contributed by atoms with Crippen molar-refractivity contribution in [1.82, 2.24) is 10.6 Å². The van der Waals surface area contributed by atoms with Gasteiger partial charge in [0.05, 0.1) is 13.2 Å². The van der Waals surface area contributed by atoms with Gasteiger partial charge < -0.3 is 15.4 Å². The standard InChI is InChI=1S/C13H17FN2O2/c1-18-12-5-3-9(8-10(12)14)2-4-11-13(17)16-7-6-15-11/h3,5,8,11,15H,2,4,6-7H2,1H3,(H,16,17). The molecule has 0 aliphatic carbocycles. The van der Waals surface area contributed by atoms with Crippen LogP contribution >= 0.6 is 0 Å². The van der Waals surface area contributed by atoms with Gasteiger partial charge in [0.1, 0.15) is 0 Å². The minimum atomic E-state index is -0.365. The topological polar surface area (TPSA) is 50.4 Å². The molecule has 1 aromatic rings. The average Bonchev–Trinajstić information content (AvgIpc) is 2.38. The second kappa shape index (κ2) is 5.82. The minimum absolute atomic E-state index is 0.0234. The van der Waals surface area contributed by atoms with E-state index in [-0.39, 0.29) is 23.5 Å². The van der Waals surface area contributed by atoms with Crippen molar-refractivity contribution in [3.63, 3.8) is 0 Å². The van der Waals surface area contributed by atoms with Crippen LogP contribution in [0.3, 0.4) is 0 Å². The van der Waals surface area contributed by atoms with Gasteiger partial charge in [-0.3, -0.25) is 4.79 Å². The number of benzene rings is 1. The number of carbonyl (C=O) groups excluding carboxylic acids is 1. The number of hydrogen-bond acceptors (Lipinski definition) is 3. The second-order valence-corrected chi connectivity index (χ2v) is 4.31. The summed E-state index contributed by atoms with van der Waals surface area (Å²) in [4.78, 5) is 11.5. The van der Waals surface area contributed by atoms with Gasteiger partial charge in [-0.25, -0.2) is 4.39 Å². The fourth-order valence-corrected chi connectivity index (χ4v) is 2.06. The monoisotopic (exact) mass is 252 g/mol. The van der Waals surface area contributed by atoms with Gasteiger partial charge in [-0.15, -0.1) is 0 Å². The average molecular weight is 252 g/mol. The van der Waals surface area contributed by atoms with Crippen molar-refractivity contribution in [3.8, 4) is 5.75 Å². The van der Waals surface area contributed by atoms with E-state index in [1.807, 2.05) is 6.07 Å². The molecule has 18 heavy (non-hydrogen) atoms. The number of hydrogen-bond donors (Lipinski definition) is 2. The molecule has 0 spiro atoms. The zero-order valence-electron chi connectivity index (χ0n) is 10.3. The molecule has 1 amide bonds. The molecule has 5 heteroatoms. The SMILES string of the molecule is COc1ccc(CCC2NCCNC2=O)cc1F. The molecule has 1 atom stereocenters. The number of methoxy groups -OCH3 is 1. The summed E-state index contributed by atoms with van der Waals surface area (Å²) in [7, 11) is 1.44. The number of piperazine rings is 1. The highest BCUT2D eigenvalue weighted by molar-refractivity contribution is 5.82. The van der Waals surface area contributed by atoms with Crippen molar-refractivity contribution in [2.75, 3.05) is 20.2 Å². The van der Waals surface area contributed by atoms with Crippen LogP contribution in [-0.2, 0) is 11.2 Å². The van der Waals surface area contributed by atoms with Gasteiger partial charge in [0.25, 0.3) is 0 Å². The van der Waals surface area contributed by atoms with E-state index in [2.05, 4.69) is 10.6 Å². The van der Waals surface area contributed by atoms with Crippen LogP contribution in [0.15, 0.2) is 18.2 Å². The van der Waals surface area contributed by atoms with Crippen LogP contribution in [0.4, 0.5) is 4.39 Å². The molecule has 0 saturated carbocycles. The number of halogens is 1. The van der Waals surface area contributed by atoms with Gasteiger partial charge in [-0.05, 0) is 30.5 Å². The summed E-state index contributed by atoms with van der Waals surface area (Å²) < 4.78 is 18.3. The highest BCUT2D eigenvalue weighted by Crippen LogP contribution is 2.18. The highest BCUT2D eigenvalue weighted by Gasteiger charge is 2.20. The van der Waals surface area contributed by atoms with Crippen LogP contribution in [0.1, 0.15) is 12.0 Å². The fourth-order valence-electron chi connectivity index (χ4n) is 2.06. The van der Waals surface area contributed by atoms with Crippen LogP contribution in [0, 0.1) is 5.82 Å². The van der Waals surface area contributed by atoms with Crippen molar-refractivity contribution < 1.29 is 13.9 Å². The molecule has 0 bridgehead atoms. The van der Waals surface area contributed by atoms with Gasteiger partial charge in [0.15, 0.2) is 11.6 Å². The first kappa shape index (κ1) is 12.8. The lowest BCUT2D eigenvalue weighted by atomic mass is 10.0. The summed E-state index contributed by atoms with van der Waals surface area (Å²) in [5, 5.41) is 5.95. The first-order chi connectivity index (χ1) is 8.70. The van der Waals surface area contributed by atoms with Crippen LogP contribution in [-0.4, -0.2) is 32.1 Å². The Morgan fingerprint density at radius 3 is 2.94 bits per heavy atom. The van der Waals surface area contributed by atoms with E-state index >= 15 is 0 Å². The predicted octanol–water partition coefficient (Wildman–Crippen LogP) is 0.855. The first-order valence-corrected chi connectivity index (χ1v) is 6.04.